The highest BCUT2D eigenvalue weighted by atomic mass is 19.4. The monoisotopic (exact) mass is 234 g/mol. The number of aromatic nitrogens is 1. The molecule has 0 saturated carbocycles. The highest BCUT2D eigenvalue weighted by molar-refractivity contribution is 5.86. The molecule has 0 atom stereocenters. The lowest BCUT2D eigenvalue weighted by molar-refractivity contribution is -0.131. The highest BCUT2D eigenvalue weighted by Gasteiger charge is 2.26. The van der Waals surface area contributed by atoms with Crippen LogP contribution in [0.2, 0.25) is 0 Å². The minimum atomic E-state index is -4.23. The van der Waals surface area contributed by atoms with Crippen LogP contribution in [0.1, 0.15) is 16.9 Å². The molecule has 88 valence electrons. The van der Waals surface area contributed by atoms with E-state index in [0.29, 0.717) is 5.69 Å². The minimum absolute atomic E-state index is 0.211. The number of nitrogens with zero attached hydrogens (tertiary/aromatic N) is 1. The smallest absolute Gasteiger partial charge is 0.390 e. The molecule has 0 aliphatic carbocycles. The molecular weight excluding hydrogens is 225 g/mol. The maximum Gasteiger partial charge on any atom is 0.390 e. The number of aromatic carboxylic acids is 1. The van der Waals surface area contributed by atoms with Gasteiger partial charge in [-0.2, -0.15) is 13.2 Å². The van der Waals surface area contributed by atoms with Gasteiger partial charge >= 0.3 is 12.1 Å². The van der Waals surface area contributed by atoms with Crippen molar-refractivity contribution in [3.05, 3.63) is 24.0 Å². The third-order valence-corrected chi connectivity index (χ3v) is 1.72. The second-order valence-corrected chi connectivity index (χ2v) is 3.03. The Morgan fingerprint density at radius 2 is 2.19 bits per heavy atom. The Balaban J connectivity index is 2.55. The van der Waals surface area contributed by atoms with E-state index in [1.165, 1.54) is 18.3 Å². The predicted molar refractivity (Wildman–Crippen MR) is 50.4 cm³/mol. The largest absolute Gasteiger partial charge is 0.477 e. The number of hydrogen-bond acceptors (Lipinski definition) is 3. The average molecular weight is 234 g/mol. The molecule has 1 aromatic rings. The van der Waals surface area contributed by atoms with Crippen molar-refractivity contribution in [3.8, 4) is 0 Å². The van der Waals surface area contributed by atoms with E-state index in [1.807, 2.05) is 0 Å². The zero-order chi connectivity index (χ0) is 12.2. The van der Waals surface area contributed by atoms with Crippen molar-refractivity contribution >= 4 is 11.7 Å². The van der Waals surface area contributed by atoms with Gasteiger partial charge in [-0.1, -0.05) is 0 Å². The van der Waals surface area contributed by atoms with Gasteiger partial charge in [-0.3, -0.25) is 0 Å². The van der Waals surface area contributed by atoms with Gasteiger partial charge in [0.15, 0.2) is 0 Å². The van der Waals surface area contributed by atoms with Crippen molar-refractivity contribution in [2.24, 2.45) is 0 Å². The first kappa shape index (κ1) is 12.3. The van der Waals surface area contributed by atoms with E-state index in [0.717, 1.165) is 0 Å². The van der Waals surface area contributed by atoms with Crippen molar-refractivity contribution in [1.29, 1.82) is 0 Å². The van der Waals surface area contributed by atoms with E-state index in [4.69, 9.17) is 5.11 Å². The lowest BCUT2D eigenvalue weighted by Crippen LogP contribution is -2.14. The summed E-state index contributed by atoms with van der Waals surface area (Å²) in [4.78, 5) is 14.0. The molecule has 16 heavy (non-hydrogen) atoms. The molecule has 1 aromatic heterocycles. The molecule has 0 aliphatic heterocycles. The maximum absolute atomic E-state index is 11.8. The molecule has 0 unspecified atom stereocenters. The molecule has 0 bridgehead atoms. The Labute approximate surface area is 89.1 Å². The van der Waals surface area contributed by atoms with Gasteiger partial charge in [0.25, 0.3) is 0 Å². The molecular formula is C9H9F3N2O2. The van der Waals surface area contributed by atoms with Gasteiger partial charge in [-0.05, 0) is 12.1 Å². The number of rotatable bonds is 4. The van der Waals surface area contributed by atoms with Gasteiger partial charge in [0.1, 0.15) is 5.69 Å². The molecule has 1 rings (SSSR count). The van der Waals surface area contributed by atoms with Crippen LogP contribution in [0.5, 0.6) is 0 Å². The number of carbonyl (C=O) groups is 1. The summed E-state index contributed by atoms with van der Waals surface area (Å²) >= 11 is 0. The summed E-state index contributed by atoms with van der Waals surface area (Å²) in [6, 6.07) is 2.58. The molecule has 0 radical (unpaired) electrons. The van der Waals surface area contributed by atoms with E-state index < -0.39 is 18.6 Å². The van der Waals surface area contributed by atoms with Crippen LogP contribution in [-0.2, 0) is 0 Å². The van der Waals surface area contributed by atoms with Crippen LogP contribution in [0.4, 0.5) is 18.9 Å². The van der Waals surface area contributed by atoms with Gasteiger partial charge in [-0.15, -0.1) is 0 Å². The first-order valence-electron chi connectivity index (χ1n) is 4.38. The Bertz CT molecular complexity index is 379. The van der Waals surface area contributed by atoms with E-state index >= 15 is 0 Å². The number of pyridine rings is 1. The van der Waals surface area contributed by atoms with Crippen LogP contribution in [0.15, 0.2) is 18.3 Å². The quantitative estimate of drug-likeness (QED) is 0.837. The van der Waals surface area contributed by atoms with E-state index in [9.17, 15) is 18.0 Å². The topological polar surface area (TPSA) is 62.2 Å². The lowest BCUT2D eigenvalue weighted by atomic mass is 10.3. The molecule has 0 aromatic carbocycles. The van der Waals surface area contributed by atoms with Gasteiger partial charge in [0.05, 0.1) is 6.42 Å². The molecule has 2 N–H and O–H groups in total. The van der Waals surface area contributed by atoms with Crippen LogP contribution in [0.3, 0.4) is 0 Å². The van der Waals surface area contributed by atoms with Gasteiger partial charge < -0.3 is 10.4 Å². The summed E-state index contributed by atoms with van der Waals surface area (Å²) in [5.74, 6) is -1.22. The number of anilines is 1. The molecule has 0 amide bonds. The van der Waals surface area contributed by atoms with E-state index in [1.54, 1.807) is 0 Å². The van der Waals surface area contributed by atoms with E-state index in [-0.39, 0.29) is 12.2 Å². The van der Waals surface area contributed by atoms with Crippen molar-refractivity contribution in [3.63, 3.8) is 0 Å². The fourth-order valence-corrected chi connectivity index (χ4v) is 1.01. The Morgan fingerprint density at radius 1 is 1.50 bits per heavy atom. The number of hydrogen-bond donors (Lipinski definition) is 2. The van der Waals surface area contributed by atoms with Crippen molar-refractivity contribution in [2.75, 3.05) is 11.9 Å². The molecule has 7 heteroatoms. The van der Waals surface area contributed by atoms with Crippen LogP contribution in [0, 0.1) is 0 Å². The Kier molecular flexibility index (Phi) is 3.70. The fourth-order valence-electron chi connectivity index (χ4n) is 1.01. The predicted octanol–water partition coefficient (Wildman–Crippen LogP) is 2.14. The second kappa shape index (κ2) is 4.82. The van der Waals surface area contributed by atoms with Crippen LogP contribution in [-0.4, -0.2) is 28.8 Å². The minimum Gasteiger partial charge on any atom is -0.477 e. The Morgan fingerprint density at radius 3 is 2.75 bits per heavy atom. The zero-order valence-electron chi connectivity index (χ0n) is 8.08. The molecule has 1 heterocycles. The Hall–Kier alpha value is -1.79. The first-order chi connectivity index (χ1) is 7.38. The number of halogens is 3. The second-order valence-electron chi connectivity index (χ2n) is 3.03. The zero-order valence-corrected chi connectivity index (χ0v) is 8.08. The summed E-state index contributed by atoms with van der Waals surface area (Å²) in [6.45, 7) is -0.299. The summed E-state index contributed by atoms with van der Waals surface area (Å²) in [7, 11) is 0. The van der Waals surface area contributed by atoms with Crippen molar-refractivity contribution < 1.29 is 23.1 Å². The third kappa shape index (κ3) is 4.16. The summed E-state index contributed by atoms with van der Waals surface area (Å²) in [5, 5.41) is 11.1. The first-order valence-corrected chi connectivity index (χ1v) is 4.38. The molecule has 0 aliphatic rings. The molecule has 0 fully saturated rings. The van der Waals surface area contributed by atoms with Crippen LogP contribution >= 0.6 is 0 Å². The average Bonchev–Trinajstić information content (AvgIpc) is 2.16. The highest BCUT2D eigenvalue weighted by Crippen LogP contribution is 2.19. The number of alkyl halides is 3. The number of nitrogens with one attached hydrogen (secondary N) is 1. The van der Waals surface area contributed by atoms with Crippen molar-refractivity contribution in [1.82, 2.24) is 4.98 Å². The van der Waals surface area contributed by atoms with E-state index in [2.05, 4.69) is 10.3 Å². The lowest BCUT2D eigenvalue weighted by Gasteiger charge is -2.08. The normalized spacial score (nSPS) is 11.2. The van der Waals surface area contributed by atoms with Gasteiger partial charge in [-0.25, -0.2) is 9.78 Å². The summed E-state index contributed by atoms with van der Waals surface area (Å²) in [6.07, 6.45) is -3.98. The third-order valence-electron chi connectivity index (χ3n) is 1.72. The summed E-state index contributed by atoms with van der Waals surface area (Å²) in [5.41, 5.74) is 0.0914. The van der Waals surface area contributed by atoms with Crippen LogP contribution in [0.25, 0.3) is 0 Å². The standard InChI is InChI=1S/C9H9F3N2O2/c10-9(11,12)2-4-13-6-1-3-14-7(5-6)8(15)16/h1,3,5H,2,4H2,(H,13,14)(H,15,16). The van der Waals surface area contributed by atoms with Gasteiger partial charge in [0, 0.05) is 18.4 Å². The SMILES string of the molecule is O=C(O)c1cc(NCCC(F)(F)F)ccn1. The fraction of sp³-hybridized carbons (Fsp3) is 0.333. The summed E-state index contributed by atoms with van der Waals surface area (Å²) < 4.78 is 35.5. The maximum atomic E-state index is 11.8. The molecule has 0 saturated heterocycles. The molecule has 4 nitrogen and oxygen atoms in total. The van der Waals surface area contributed by atoms with Crippen molar-refractivity contribution in [2.45, 2.75) is 12.6 Å². The number of carboxylic acid groups (broad SMARTS) is 1. The number of carboxylic acids is 1. The van der Waals surface area contributed by atoms with Gasteiger partial charge in [0.2, 0.25) is 0 Å². The van der Waals surface area contributed by atoms with Crippen LogP contribution < -0.4 is 5.32 Å². The molecule has 0 spiro atoms.